The van der Waals surface area contributed by atoms with Crippen molar-refractivity contribution in [2.24, 2.45) is 0 Å². The molecule has 0 N–H and O–H groups in total. The summed E-state index contributed by atoms with van der Waals surface area (Å²) in [5, 5.41) is 1.62. The molecule has 0 bridgehead atoms. The Labute approximate surface area is 184 Å². The molecule has 5 rings (SSSR count). The molecule has 0 fully saturated rings. The molecule has 158 valence electrons. The topological polar surface area (TPSA) is 61.8 Å². The first-order chi connectivity index (χ1) is 15.7. The van der Waals surface area contributed by atoms with Crippen LogP contribution in [0.2, 0.25) is 0 Å². The Morgan fingerprint density at radius 1 is 0.906 bits per heavy atom. The number of rotatable bonds is 6. The van der Waals surface area contributed by atoms with Crippen LogP contribution in [-0.2, 0) is 0 Å². The zero-order chi connectivity index (χ0) is 21.9. The van der Waals surface area contributed by atoms with Crippen LogP contribution in [0, 0.1) is 0 Å². The molecule has 0 aliphatic carbocycles. The number of hydrogen-bond acceptors (Lipinski definition) is 5. The van der Waals surface area contributed by atoms with Gasteiger partial charge in [0.15, 0.2) is 11.3 Å². The largest absolute Gasteiger partial charge is 0.493 e. The number of furan rings is 1. The van der Waals surface area contributed by atoms with Crippen LogP contribution < -0.4 is 15.1 Å². The lowest BCUT2D eigenvalue weighted by atomic mass is 10.1. The van der Waals surface area contributed by atoms with E-state index in [0.717, 1.165) is 16.3 Å². The van der Waals surface area contributed by atoms with Crippen molar-refractivity contribution in [3.8, 4) is 22.8 Å². The first-order valence-electron chi connectivity index (χ1n) is 10.2. The van der Waals surface area contributed by atoms with E-state index in [1.54, 1.807) is 19.2 Å². The molecular weight excluding hydrogens is 404 g/mol. The molecule has 0 radical (unpaired) electrons. The van der Waals surface area contributed by atoms with Crippen molar-refractivity contribution < 1.29 is 18.3 Å². The summed E-state index contributed by atoms with van der Waals surface area (Å²) in [6.07, 6.45) is 3.96. The van der Waals surface area contributed by atoms with E-state index >= 15 is 0 Å². The van der Waals surface area contributed by atoms with Gasteiger partial charge in [0, 0.05) is 22.4 Å². The molecule has 2 heterocycles. The Bertz CT molecular complexity index is 1480. The SMILES string of the molecule is COc1cccc2cc(-c3cc(=O)oc4ccc(OC/C=C/c5ccccc5)cc34)oc12. The van der Waals surface area contributed by atoms with Gasteiger partial charge in [-0.3, -0.25) is 0 Å². The van der Waals surface area contributed by atoms with Gasteiger partial charge in [-0.2, -0.15) is 0 Å². The van der Waals surface area contributed by atoms with Gasteiger partial charge in [0.1, 0.15) is 23.7 Å². The molecule has 3 aromatic carbocycles. The second kappa shape index (κ2) is 8.47. The number of benzene rings is 3. The Morgan fingerprint density at radius 2 is 1.78 bits per heavy atom. The summed E-state index contributed by atoms with van der Waals surface area (Å²) in [5.41, 5.74) is 2.40. The molecule has 0 aliphatic heterocycles. The molecule has 0 amide bonds. The standard InChI is InChI=1S/C27H20O5/c1-29-24-11-5-10-19-15-25(32-27(19)24)22-17-26(28)31-23-13-12-20(16-21(22)23)30-14-6-9-18-7-3-2-4-8-18/h2-13,15-17H,14H2,1H3/b9-6+. The number of fused-ring (bicyclic) bond motifs is 2. The van der Waals surface area contributed by atoms with Crippen molar-refractivity contribution in [2.75, 3.05) is 13.7 Å². The first kappa shape index (κ1) is 19.7. The Hall–Kier alpha value is -4.25. The summed E-state index contributed by atoms with van der Waals surface area (Å²) in [6, 6.07) is 24.4. The highest BCUT2D eigenvalue weighted by atomic mass is 16.5. The van der Waals surface area contributed by atoms with E-state index < -0.39 is 5.63 Å². The minimum atomic E-state index is -0.445. The third-order valence-corrected chi connectivity index (χ3v) is 5.16. The number of ether oxygens (including phenoxy) is 2. The highest BCUT2D eigenvalue weighted by molar-refractivity contribution is 5.96. The summed E-state index contributed by atoms with van der Waals surface area (Å²) >= 11 is 0. The van der Waals surface area contributed by atoms with Gasteiger partial charge in [0.05, 0.1) is 7.11 Å². The van der Waals surface area contributed by atoms with Crippen LogP contribution in [0.3, 0.4) is 0 Å². The van der Waals surface area contributed by atoms with Crippen molar-refractivity contribution in [2.45, 2.75) is 0 Å². The second-order valence-electron chi connectivity index (χ2n) is 7.25. The van der Waals surface area contributed by atoms with E-state index in [9.17, 15) is 4.79 Å². The van der Waals surface area contributed by atoms with Gasteiger partial charge in [0.25, 0.3) is 0 Å². The lowest BCUT2D eigenvalue weighted by molar-refractivity contribution is 0.364. The molecule has 2 aromatic heterocycles. The van der Waals surface area contributed by atoms with Crippen LogP contribution in [0.25, 0.3) is 39.3 Å². The van der Waals surface area contributed by atoms with Crippen molar-refractivity contribution in [3.05, 3.63) is 101 Å². The van der Waals surface area contributed by atoms with Crippen LogP contribution >= 0.6 is 0 Å². The van der Waals surface area contributed by atoms with Crippen molar-refractivity contribution in [3.63, 3.8) is 0 Å². The maximum atomic E-state index is 12.2. The van der Waals surface area contributed by atoms with Crippen LogP contribution in [0.5, 0.6) is 11.5 Å². The summed E-state index contributed by atoms with van der Waals surface area (Å²) in [7, 11) is 1.60. The molecule has 0 saturated heterocycles. The Balaban J connectivity index is 1.49. The van der Waals surface area contributed by atoms with E-state index in [-0.39, 0.29) is 0 Å². The molecular formula is C27H20O5. The zero-order valence-corrected chi connectivity index (χ0v) is 17.4. The predicted octanol–water partition coefficient (Wildman–Crippen LogP) is 6.31. The van der Waals surface area contributed by atoms with E-state index in [0.29, 0.717) is 40.6 Å². The summed E-state index contributed by atoms with van der Waals surface area (Å²) < 4.78 is 22.7. The monoisotopic (exact) mass is 424 g/mol. The maximum absolute atomic E-state index is 12.2. The van der Waals surface area contributed by atoms with Gasteiger partial charge in [0.2, 0.25) is 0 Å². The minimum Gasteiger partial charge on any atom is -0.493 e. The van der Waals surface area contributed by atoms with E-state index in [1.165, 1.54) is 6.07 Å². The lowest BCUT2D eigenvalue weighted by Crippen LogP contribution is -1.99. The van der Waals surface area contributed by atoms with Crippen LogP contribution in [0.4, 0.5) is 0 Å². The van der Waals surface area contributed by atoms with Gasteiger partial charge in [-0.25, -0.2) is 4.79 Å². The number of para-hydroxylation sites is 1. The molecule has 5 nitrogen and oxygen atoms in total. The predicted molar refractivity (Wildman–Crippen MR) is 125 cm³/mol. The maximum Gasteiger partial charge on any atom is 0.336 e. The van der Waals surface area contributed by atoms with Crippen molar-refractivity contribution in [1.82, 2.24) is 0 Å². The molecule has 0 atom stereocenters. The lowest BCUT2D eigenvalue weighted by Gasteiger charge is -2.07. The smallest absolute Gasteiger partial charge is 0.336 e. The third-order valence-electron chi connectivity index (χ3n) is 5.16. The van der Waals surface area contributed by atoms with Crippen LogP contribution in [0.15, 0.2) is 98.6 Å². The number of methoxy groups -OCH3 is 1. The molecule has 0 saturated carbocycles. The quantitative estimate of drug-likeness (QED) is 0.299. The molecule has 5 aromatic rings. The van der Waals surface area contributed by atoms with Crippen LogP contribution in [-0.4, -0.2) is 13.7 Å². The van der Waals surface area contributed by atoms with Crippen molar-refractivity contribution in [1.29, 1.82) is 0 Å². The molecule has 5 heteroatoms. The van der Waals surface area contributed by atoms with Gasteiger partial charge in [-0.1, -0.05) is 48.5 Å². The summed E-state index contributed by atoms with van der Waals surface area (Å²) in [4.78, 5) is 12.2. The van der Waals surface area contributed by atoms with Crippen LogP contribution in [0.1, 0.15) is 5.56 Å². The highest BCUT2D eigenvalue weighted by Crippen LogP contribution is 2.36. The van der Waals surface area contributed by atoms with Gasteiger partial charge in [-0.15, -0.1) is 0 Å². The zero-order valence-electron chi connectivity index (χ0n) is 17.4. The normalized spacial score (nSPS) is 11.4. The average molecular weight is 424 g/mol. The van der Waals surface area contributed by atoms with Gasteiger partial charge >= 0.3 is 5.63 Å². The third kappa shape index (κ3) is 3.88. The van der Waals surface area contributed by atoms with Gasteiger partial charge in [-0.05, 0) is 42.0 Å². The van der Waals surface area contributed by atoms with E-state index in [1.807, 2.05) is 72.8 Å². The molecule has 32 heavy (non-hydrogen) atoms. The fraction of sp³-hybridized carbons (Fsp3) is 0.0741. The van der Waals surface area contributed by atoms with E-state index in [2.05, 4.69) is 0 Å². The summed E-state index contributed by atoms with van der Waals surface area (Å²) in [6.45, 7) is 0.411. The second-order valence-corrected chi connectivity index (χ2v) is 7.25. The Morgan fingerprint density at radius 3 is 2.62 bits per heavy atom. The van der Waals surface area contributed by atoms with Crippen molar-refractivity contribution >= 4 is 28.0 Å². The fourth-order valence-electron chi connectivity index (χ4n) is 3.66. The van der Waals surface area contributed by atoms with E-state index in [4.69, 9.17) is 18.3 Å². The fourth-order valence-corrected chi connectivity index (χ4v) is 3.66. The molecule has 0 aliphatic rings. The minimum absolute atomic E-state index is 0.411. The molecule has 0 spiro atoms. The summed E-state index contributed by atoms with van der Waals surface area (Å²) in [5.74, 6) is 1.86. The Kier molecular flexibility index (Phi) is 5.22. The average Bonchev–Trinajstić information content (AvgIpc) is 3.26. The first-order valence-corrected chi connectivity index (χ1v) is 10.2. The molecule has 0 unspecified atom stereocenters. The van der Waals surface area contributed by atoms with Gasteiger partial charge < -0.3 is 18.3 Å². The number of hydrogen-bond donors (Lipinski definition) is 0. The highest BCUT2D eigenvalue weighted by Gasteiger charge is 2.15.